The van der Waals surface area contributed by atoms with E-state index in [-0.39, 0.29) is 19.0 Å². The summed E-state index contributed by atoms with van der Waals surface area (Å²) in [5, 5.41) is 16.6. The second-order valence-electron chi connectivity index (χ2n) is 5.83. The molecule has 2 heterocycles. The molecule has 2 rings (SSSR count). The highest BCUT2D eigenvalue weighted by Crippen LogP contribution is 2.28. The number of aromatic nitrogens is 3. The largest absolute Gasteiger partial charge is 0.480 e. The molecule has 2 amide bonds. The van der Waals surface area contributed by atoms with Crippen LogP contribution in [0.2, 0.25) is 0 Å². The van der Waals surface area contributed by atoms with Gasteiger partial charge in [0.15, 0.2) is 0 Å². The Hall–Kier alpha value is -2.75. The van der Waals surface area contributed by atoms with Crippen LogP contribution in [0.3, 0.4) is 0 Å². The van der Waals surface area contributed by atoms with Gasteiger partial charge in [-0.1, -0.05) is 0 Å². The molecule has 140 valence electrons. The molecule has 10 heteroatoms. The smallest absolute Gasteiger partial charge is 0.326 e. The number of hydrogen-bond acceptors (Lipinski definition) is 6. The van der Waals surface area contributed by atoms with Crippen LogP contribution in [0.1, 0.15) is 29.2 Å². The first kappa shape index (κ1) is 19.6. The van der Waals surface area contributed by atoms with Crippen LogP contribution in [0.4, 0.5) is 0 Å². The molecule has 0 aliphatic rings. The lowest BCUT2D eigenvalue weighted by molar-refractivity contribution is -0.141. The summed E-state index contributed by atoms with van der Waals surface area (Å²) >= 11 is 1.20. The maximum atomic E-state index is 12.9. The number of carboxylic acid groups (broad SMARTS) is 1. The number of carbonyl (C=O) groups is 3. The van der Waals surface area contributed by atoms with Gasteiger partial charge < -0.3 is 15.3 Å². The Bertz CT molecular complexity index is 828. The Morgan fingerprint density at radius 2 is 2.12 bits per heavy atom. The molecule has 26 heavy (non-hydrogen) atoms. The van der Waals surface area contributed by atoms with Crippen molar-refractivity contribution in [3.8, 4) is 10.6 Å². The van der Waals surface area contributed by atoms with Gasteiger partial charge in [-0.2, -0.15) is 5.10 Å². The number of aryl methyl sites for hydroxylation is 2. The van der Waals surface area contributed by atoms with Crippen molar-refractivity contribution in [3.05, 3.63) is 23.0 Å². The molecule has 0 aromatic carbocycles. The molecule has 0 bridgehead atoms. The predicted molar refractivity (Wildman–Crippen MR) is 95.9 cm³/mol. The lowest BCUT2D eigenvalue weighted by Gasteiger charge is -2.26. The molecular formula is C16H21N5O4S. The van der Waals surface area contributed by atoms with Gasteiger partial charge in [-0.25, -0.2) is 9.78 Å². The number of hydrogen-bond donors (Lipinski definition) is 2. The van der Waals surface area contributed by atoms with Gasteiger partial charge in [-0.05, 0) is 13.8 Å². The van der Waals surface area contributed by atoms with Crippen molar-refractivity contribution < 1.29 is 19.5 Å². The van der Waals surface area contributed by atoms with Crippen LogP contribution in [0.5, 0.6) is 0 Å². The van der Waals surface area contributed by atoms with E-state index in [9.17, 15) is 19.5 Å². The summed E-state index contributed by atoms with van der Waals surface area (Å²) < 4.78 is 1.64. The third kappa shape index (κ3) is 4.45. The minimum absolute atomic E-state index is 0.0887. The number of aliphatic carboxylic acids is 1. The van der Waals surface area contributed by atoms with E-state index in [0.29, 0.717) is 15.6 Å². The van der Waals surface area contributed by atoms with E-state index in [4.69, 9.17) is 0 Å². The Morgan fingerprint density at radius 3 is 2.65 bits per heavy atom. The van der Waals surface area contributed by atoms with E-state index in [1.54, 1.807) is 31.0 Å². The van der Waals surface area contributed by atoms with Crippen molar-refractivity contribution in [1.82, 2.24) is 25.0 Å². The molecule has 0 radical (unpaired) electrons. The summed E-state index contributed by atoms with van der Waals surface area (Å²) in [4.78, 5) is 41.4. The van der Waals surface area contributed by atoms with E-state index < -0.39 is 17.9 Å². The topological polar surface area (TPSA) is 117 Å². The number of carbonyl (C=O) groups excluding carboxylic acids is 2. The van der Waals surface area contributed by atoms with Gasteiger partial charge in [0.2, 0.25) is 5.91 Å². The van der Waals surface area contributed by atoms with Gasteiger partial charge in [0.05, 0.1) is 11.9 Å². The van der Waals surface area contributed by atoms with Gasteiger partial charge in [-0.3, -0.25) is 14.3 Å². The van der Waals surface area contributed by atoms with Crippen LogP contribution >= 0.6 is 11.3 Å². The van der Waals surface area contributed by atoms with Crippen LogP contribution in [-0.2, 0) is 16.6 Å². The van der Waals surface area contributed by atoms with Crippen molar-refractivity contribution in [2.75, 3.05) is 13.1 Å². The van der Waals surface area contributed by atoms with E-state index in [2.05, 4.69) is 15.4 Å². The van der Waals surface area contributed by atoms with Crippen molar-refractivity contribution in [1.29, 1.82) is 0 Å². The first-order valence-electron chi connectivity index (χ1n) is 7.95. The second kappa shape index (κ2) is 8.09. The lowest BCUT2D eigenvalue weighted by atomic mass is 10.2. The van der Waals surface area contributed by atoms with E-state index >= 15 is 0 Å². The fraction of sp³-hybridized carbons (Fsp3) is 0.438. The number of amides is 2. The zero-order chi connectivity index (χ0) is 19.4. The van der Waals surface area contributed by atoms with Crippen LogP contribution in [0.15, 0.2) is 12.4 Å². The number of nitrogens with zero attached hydrogens (tertiary/aromatic N) is 4. The summed E-state index contributed by atoms with van der Waals surface area (Å²) in [6.45, 7) is 4.77. The van der Waals surface area contributed by atoms with E-state index in [1.807, 2.05) is 0 Å². The molecule has 0 fully saturated rings. The first-order chi connectivity index (χ1) is 12.2. The second-order valence-corrected chi connectivity index (χ2v) is 6.83. The Balaban J connectivity index is 2.27. The number of nitrogens with one attached hydrogen (secondary N) is 1. The third-order valence-electron chi connectivity index (χ3n) is 3.76. The number of carboxylic acids is 1. The fourth-order valence-corrected chi connectivity index (χ4v) is 3.33. The molecule has 2 N–H and O–H groups in total. The minimum atomic E-state index is -1.11. The van der Waals surface area contributed by atoms with Crippen LogP contribution in [0, 0.1) is 6.92 Å². The first-order valence-corrected chi connectivity index (χ1v) is 8.77. The maximum absolute atomic E-state index is 12.9. The molecular weight excluding hydrogens is 358 g/mol. The van der Waals surface area contributed by atoms with Crippen LogP contribution in [-0.4, -0.2) is 61.7 Å². The molecule has 0 saturated carbocycles. The Kier molecular flexibility index (Phi) is 6.09. The Labute approximate surface area is 154 Å². The fourth-order valence-electron chi connectivity index (χ4n) is 2.34. The number of thiazole rings is 1. The molecule has 0 saturated heterocycles. The maximum Gasteiger partial charge on any atom is 0.326 e. The lowest BCUT2D eigenvalue weighted by Crippen LogP contribution is -2.46. The van der Waals surface area contributed by atoms with Crippen LogP contribution < -0.4 is 5.32 Å². The molecule has 0 aliphatic carbocycles. The monoisotopic (exact) mass is 379 g/mol. The highest BCUT2D eigenvalue weighted by atomic mass is 32.1. The van der Waals surface area contributed by atoms with Gasteiger partial charge in [0.25, 0.3) is 5.91 Å². The van der Waals surface area contributed by atoms with Crippen molar-refractivity contribution in [3.63, 3.8) is 0 Å². The predicted octanol–water partition coefficient (Wildman–Crippen LogP) is 0.903. The summed E-state index contributed by atoms with van der Waals surface area (Å²) in [5.74, 6) is -1.78. The van der Waals surface area contributed by atoms with Gasteiger partial charge in [0.1, 0.15) is 15.9 Å². The average molecular weight is 379 g/mol. The highest BCUT2D eigenvalue weighted by Gasteiger charge is 2.29. The SMILES string of the molecule is CC(=O)NCCN(C(=O)c1sc(-c2cnn(C)c2)nc1C)C(C)C(=O)O. The van der Waals surface area contributed by atoms with Gasteiger partial charge in [-0.15, -0.1) is 11.3 Å². The summed E-state index contributed by atoms with van der Waals surface area (Å²) in [7, 11) is 1.79. The molecule has 0 spiro atoms. The normalized spacial score (nSPS) is 11.8. The summed E-state index contributed by atoms with van der Waals surface area (Å²) in [5.41, 5.74) is 1.32. The quantitative estimate of drug-likeness (QED) is 0.738. The van der Waals surface area contributed by atoms with Crippen molar-refractivity contribution in [2.45, 2.75) is 26.8 Å². The van der Waals surface area contributed by atoms with Gasteiger partial charge in [0, 0.05) is 38.8 Å². The molecule has 2 aromatic heterocycles. The zero-order valence-corrected chi connectivity index (χ0v) is 15.8. The summed E-state index contributed by atoms with van der Waals surface area (Å²) in [6.07, 6.45) is 3.45. The van der Waals surface area contributed by atoms with E-state index in [0.717, 1.165) is 5.56 Å². The van der Waals surface area contributed by atoms with Gasteiger partial charge >= 0.3 is 5.97 Å². The molecule has 0 aliphatic heterocycles. The molecule has 1 unspecified atom stereocenters. The molecule has 2 aromatic rings. The van der Waals surface area contributed by atoms with Crippen molar-refractivity contribution in [2.24, 2.45) is 7.05 Å². The molecule has 1 atom stereocenters. The zero-order valence-electron chi connectivity index (χ0n) is 15.0. The third-order valence-corrected chi connectivity index (χ3v) is 4.95. The standard InChI is InChI=1S/C16H21N5O4S/c1-9-13(26-14(19-9)12-7-18-20(4)8-12)15(23)21(10(2)16(24)25)6-5-17-11(3)22/h7-8,10H,5-6H2,1-4H3,(H,17,22)(H,24,25). The Morgan fingerprint density at radius 1 is 1.42 bits per heavy atom. The minimum Gasteiger partial charge on any atom is -0.480 e. The molecule has 9 nitrogen and oxygen atoms in total. The van der Waals surface area contributed by atoms with Crippen LogP contribution in [0.25, 0.3) is 10.6 Å². The highest BCUT2D eigenvalue weighted by molar-refractivity contribution is 7.17. The van der Waals surface area contributed by atoms with Crippen molar-refractivity contribution >= 4 is 29.1 Å². The van der Waals surface area contributed by atoms with E-state index in [1.165, 1.54) is 30.1 Å². The summed E-state index contributed by atoms with van der Waals surface area (Å²) in [6, 6.07) is -1.03. The number of rotatable bonds is 7. The average Bonchev–Trinajstić information content (AvgIpc) is 3.16.